The highest BCUT2D eigenvalue weighted by molar-refractivity contribution is 7.99. The Kier molecular flexibility index (Phi) is 5.97. The molecule has 3 aromatic heterocycles. The zero-order valence-corrected chi connectivity index (χ0v) is 17.2. The molecule has 0 aliphatic carbocycles. The third kappa shape index (κ3) is 5.07. The normalized spacial score (nSPS) is 10.8. The van der Waals surface area contributed by atoms with Crippen LogP contribution in [0.4, 0.5) is 5.69 Å². The van der Waals surface area contributed by atoms with Crippen LogP contribution in [0.5, 0.6) is 0 Å². The van der Waals surface area contributed by atoms with Gasteiger partial charge in [-0.05, 0) is 60.0 Å². The van der Waals surface area contributed by atoms with E-state index in [-0.39, 0.29) is 12.3 Å². The first-order valence-corrected chi connectivity index (χ1v) is 10.6. The third-order valence-electron chi connectivity index (χ3n) is 4.04. The van der Waals surface area contributed by atoms with Crippen LogP contribution < -0.4 is 5.32 Å². The van der Waals surface area contributed by atoms with Gasteiger partial charge in [-0.3, -0.25) is 4.79 Å². The number of amides is 1. The molecule has 29 heavy (non-hydrogen) atoms. The lowest BCUT2D eigenvalue weighted by Gasteiger charge is -2.09. The maximum Gasteiger partial charge on any atom is 0.227 e. The number of aryl methyl sites for hydroxylation is 2. The smallest absolute Gasteiger partial charge is 0.227 e. The van der Waals surface area contributed by atoms with Gasteiger partial charge in [0.15, 0.2) is 5.16 Å². The van der Waals surface area contributed by atoms with Crippen LogP contribution in [0.2, 0.25) is 0 Å². The van der Waals surface area contributed by atoms with Gasteiger partial charge in [-0.25, -0.2) is 9.97 Å². The van der Waals surface area contributed by atoms with Crippen molar-refractivity contribution in [2.24, 2.45) is 0 Å². The second kappa shape index (κ2) is 8.97. The highest BCUT2D eigenvalue weighted by Gasteiger charge is 2.12. The fourth-order valence-corrected chi connectivity index (χ4v) is 4.03. The minimum Gasteiger partial charge on any atom is -0.339 e. The van der Waals surface area contributed by atoms with Gasteiger partial charge in [-0.2, -0.15) is 16.3 Å². The van der Waals surface area contributed by atoms with E-state index in [9.17, 15) is 4.79 Å². The van der Waals surface area contributed by atoms with Crippen molar-refractivity contribution in [3.8, 4) is 11.4 Å². The maximum atomic E-state index is 12.3. The molecule has 0 aliphatic rings. The van der Waals surface area contributed by atoms with E-state index < -0.39 is 0 Å². The summed E-state index contributed by atoms with van der Waals surface area (Å²) in [5.41, 5.74) is 2.67. The Hall–Kier alpha value is -3.04. The molecule has 0 aliphatic heterocycles. The van der Waals surface area contributed by atoms with E-state index in [1.165, 1.54) is 11.8 Å². The van der Waals surface area contributed by atoms with E-state index in [0.29, 0.717) is 23.3 Å². The van der Waals surface area contributed by atoms with Crippen molar-refractivity contribution in [3.63, 3.8) is 0 Å². The summed E-state index contributed by atoms with van der Waals surface area (Å²) in [5, 5.41) is 11.5. The Morgan fingerprint density at radius 2 is 2.10 bits per heavy atom. The molecule has 0 fully saturated rings. The Bertz CT molecular complexity index is 1100. The number of carbonyl (C=O) groups is 1. The number of hydrogen-bond donors (Lipinski definition) is 1. The number of carbonyl (C=O) groups excluding carboxylic acids is 1. The number of nitrogens with one attached hydrogen (secondary N) is 1. The summed E-state index contributed by atoms with van der Waals surface area (Å²) in [6, 6.07) is 9.54. The van der Waals surface area contributed by atoms with E-state index in [4.69, 9.17) is 4.52 Å². The lowest BCUT2D eigenvalue weighted by atomic mass is 10.2. The van der Waals surface area contributed by atoms with Crippen LogP contribution in [0.15, 0.2) is 68.1 Å². The van der Waals surface area contributed by atoms with E-state index in [1.54, 1.807) is 29.8 Å². The molecule has 1 amide bonds. The highest BCUT2D eigenvalue weighted by atomic mass is 32.2. The molecule has 4 aromatic rings. The van der Waals surface area contributed by atoms with Crippen molar-refractivity contribution in [2.45, 2.75) is 29.8 Å². The van der Waals surface area contributed by atoms with Crippen molar-refractivity contribution in [3.05, 3.63) is 64.9 Å². The fourth-order valence-electron chi connectivity index (χ4n) is 2.58. The summed E-state index contributed by atoms with van der Waals surface area (Å²) in [6.07, 6.45) is 4.08. The van der Waals surface area contributed by atoms with Crippen molar-refractivity contribution in [2.75, 3.05) is 5.32 Å². The van der Waals surface area contributed by atoms with Crippen LogP contribution in [0.3, 0.4) is 0 Å². The predicted octanol–water partition coefficient (Wildman–Crippen LogP) is 4.62. The Balaban J connectivity index is 1.32. The first kappa shape index (κ1) is 19.3. The molecule has 146 valence electrons. The summed E-state index contributed by atoms with van der Waals surface area (Å²) in [5.74, 6) is 0.899. The average molecular weight is 424 g/mol. The Morgan fingerprint density at radius 3 is 2.86 bits per heavy atom. The van der Waals surface area contributed by atoms with Gasteiger partial charge in [0.25, 0.3) is 0 Å². The van der Waals surface area contributed by atoms with Gasteiger partial charge in [0.1, 0.15) is 0 Å². The molecule has 0 unspecified atom stereocenters. The second-order valence-electron chi connectivity index (χ2n) is 6.18. The van der Waals surface area contributed by atoms with Crippen molar-refractivity contribution >= 4 is 34.7 Å². The summed E-state index contributed by atoms with van der Waals surface area (Å²) < 4.78 is 5.23. The predicted molar refractivity (Wildman–Crippen MR) is 112 cm³/mol. The molecule has 4 rings (SSSR count). The molecule has 0 saturated heterocycles. The van der Waals surface area contributed by atoms with Crippen molar-refractivity contribution < 1.29 is 9.32 Å². The van der Waals surface area contributed by atoms with E-state index in [0.717, 1.165) is 21.7 Å². The molecule has 9 heteroatoms. The van der Waals surface area contributed by atoms with E-state index in [1.807, 2.05) is 41.9 Å². The number of hydrogen-bond acceptors (Lipinski definition) is 8. The van der Waals surface area contributed by atoms with Crippen molar-refractivity contribution in [1.82, 2.24) is 20.1 Å². The topological polar surface area (TPSA) is 93.8 Å². The number of nitrogens with zero attached hydrogens (tertiary/aromatic N) is 4. The lowest BCUT2D eigenvalue weighted by molar-refractivity contribution is -0.116. The number of thiophene rings is 1. The minimum atomic E-state index is -0.102. The monoisotopic (exact) mass is 423 g/mol. The molecular formula is C20H17N5O2S2. The summed E-state index contributed by atoms with van der Waals surface area (Å²) >= 11 is 3.05. The van der Waals surface area contributed by atoms with Crippen LogP contribution in [-0.2, 0) is 11.2 Å². The quantitative estimate of drug-likeness (QED) is 0.434. The molecule has 1 aromatic carbocycles. The molecule has 0 bridgehead atoms. The molecule has 0 spiro atoms. The second-order valence-corrected chi connectivity index (χ2v) is 8.00. The summed E-state index contributed by atoms with van der Waals surface area (Å²) in [6.45, 7) is 1.96. The Morgan fingerprint density at radius 1 is 1.24 bits per heavy atom. The van der Waals surface area contributed by atoms with E-state index in [2.05, 4.69) is 25.4 Å². The minimum absolute atomic E-state index is 0.102. The van der Waals surface area contributed by atoms with Gasteiger partial charge in [-0.1, -0.05) is 5.16 Å². The van der Waals surface area contributed by atoms with Crippen LogP contribution in [0.25, 0.3) is 11.4 Å². The summed E-state index contributed by atoms with van der Waals surface area (Å²) in [7, 11) is 0. The molecule has 1 N–H and O–H groups in total. The molecule has 3 heterocycles. The molecule has 0 saturated carbocycles. The first-order chi connectivity index (χ1) is 14.2. The summed E-state index contributed by atoms with van der Waals surface area (Å²) in [4.78, 5) is 26.1. The fraction of sp³-hybridized carbons (Fsp3) is 0.150. The number of anilines is 1. The number of aromatic nitrogens is 4. The zero-order chi connectivity index (χ0) is 20.1. The first-order valence-electron chi connectivity index (χ1n) is 8.88. The zero-order valence-electron chi connectivity index (χ0n) is 15.5. The van der Waals surface area contributed by atoms with Gasteiger partial charge >= 0.3 is 0 Å². The molecule has 0 radical (unpaired) electrons. The van der Waals surface area contributed by atoms with Crippen LogP contribution in [-0.4, -0.2) is 26.0 Å². The lowest BCUT2D eigenvalue weighted by Crippen LogP contribution is -2.13. The Labute approximate surface area is 175 Å². The average Bonchev–Trinajstić information content (AvgIpc) is 3.41. The van der Waals surface area contributed by atoms with Gasteiger partial charge in [0, 0.05) is 46.8 Å². The van der Waals surface area contributed by atoms with Crippen LogP contribution >= 0.6 is 23.1 Å². The molecule has 0 atom stereocenters. The van der Waals surface area contributed by atoms with Gasteiger partial charge in [0.05, 0.1) is 0 Å². The molecule has 7 nitrogen and oxygen atoms in total. The van der Waals surface area contributed by atoms with Crippen molar-refractivity contribution in [1.29, 1.82) is 0 Å². The van der Waals surface area contributed by atoms with Crippen LogP contribution in [0.1, 0.15) is 17.9 Å². The third-order valence-corrected chi connectivity index (χ3v) is 5.60. The number of rotatable bonds is 7. The molecular weight excluding hydrogens is 406 g/mol. The standard InChI is InChI=1S/C20H17N5O2S2/c1-13-11-15(29-20-21-8-2-9-22-20)3-4-16(13)23-17(26)5-6-18-24-19(25-27-18)14-7-10-28-12-14/h2-4,7-12H,5-6H2,1H3,(H,23,26). The van der Waals surface area contributed by atoms with Gasteiger partial charge in [-0.15, -0.1) is 0 Å². The van der Waals surface area contributed by atoms with Crippen LogP contribution in [0, 0.1) is 6.92 Å². The van der Waals surface area contributed by atoms with Gasteiger partial charge in [0.2, 0.25) is 17.6 Å². The van der Waals surface area contributed by atoms with E-state index >= 15 is 0 Å². The largest absolute Gasteiger partial charge is 0.339 e. The maximum absolute atomic E-state index is 12.3. The SMILES string of the molecule is Cc1cc(Sc2ncccn2)ccc1NC(=O)CCc1nc(-c2ccsc2)no1. The number of benzene rings is 1. The van der Waals surface area contributed by atoms with Gasteiger partial charge < -0.3 is 9.84 Å². The highest BCUT2D eigenvalue weighted by Crippen LogP contribution is 2.28.